The van der Waals surface area contributed by atoms with Gasteiger partial charge < -0.3 is 5.32 Å². The highest BCUT2D eigenvalue weighted by molar-refractivity contribution is 7.99. The molecule has 0 spiro atoms. The van der Waals surface area contributed by atoms with E-state index in [-0.39, 0.29) is 11.3 Å². The fraction of sp³-hybridized carbons (Fsp3) is 0.333. The van der Waals surface area contributed by atoms with E-state index in [0.717, 1.165) is 33.3 Å². The SMILES string of the molecule is CCn1c(SCC(=O)NC(=O)Nc2ccc(C)cc2C)nc2sc(C)c(C)c2c1=O. The number of urea groups is 1. The smallest absolute Gasteiger partial charge is 0.307 e. The molecule has 3 aromatic rings. The number of imide groups is 1. The van der Waals surface area contributed by atoms with Crippen molar-refractivity contribution in [3.8, 4) is 0 Å². The van der Waals surface area contributed by atoms with Crippen LogP contribution in [0.1, 0.15) is 28.5 Å². The zero-order valence-electron chi connectivity index (χ0n) is 17.6. The molecule has 0 radical (unpaired) electrons. The predicted molar refractivity (Wildman–Crippen MR) is 123 cm³/mol. The summed E-state index contributed by atoms with van der Waals surface area (Å²) in [4.78, 5) is 43.6. The number of aromatic nitrogens is 2. The first kappa shape index (κ1) is 22.0. The lowest BCUT2D eigenvalue weighted by Crippen LogP contribution is -2.35. The number of thiophene rings is 1. The van der Waals surface area contributed by atoms with E-state index in [0.29, 0.717) is 27.6 Å². The maximum absolute atomic E-state index is 12.8. The number of anilines is 1. The Morgan fingerprint density at radius 3 is 2.60 bits per heavy atom. The number of hydrogen-bond donors (Lipinski definition) is 2. The summed E-state index contributed by atoms with van der Waals surface area (Å²) in [6, 6.07) is 5.05. The van der Waals surface area contributed by atoms with Gasteiger partial charge in [-0.1, -0.05) is 29.5 Å². The molecule has 9 heteroatoms. The molecule has 0 bridgehead atoms. The molecule has 0 fully saturated rings. The lowest BCUT2D eigenvalue weighted by Gasteiger charge is -2.11. The molecule has 1 aromatic carbocycles. The van der Waals surface area contributed by atoms with Crippen LogP contribution in [-0.4, -0.2) is 27.2 Å². The largest absolute Gasteiger partial charge is 0.325 e. The first-order chi connectivity index (χ1) is 14.2. The first-order valence-corrected chi connectivity index (χ1v) is 11.3. The number of amides is 3. The Morgan fingerprint density at radius 1 is 1.20 bits per heavy atom. The van der Waals surface area contributed by atoms with Crippen LogP contribution in [0, 0.1) is 27.7 Å². The number of aryl methyl sites for hydroxylation is 4. The third kappa shape index (κ3) is 4.57. The van der Waals surface area contributed by atoms with E-state index < -0.39 is 11.9 Å². The topological polar surface area (TPSA) is 93.1 Å². The molecule has 0 aliphatic heterocycles. The molecule has 30 heavy (non-hydrogen) atoms. The number of nitrogens with zero attached hydrogens (tertiary/aromatic N) is 2. The van der Waals surface area contributed by atoms with Gasteiger partial charge in [0.2, 0.25) is 5.91 Å². The molecule has 0 saturated heterocycles. The first-order valence-electron chi connectivity index (χ1n) is 9.52. The van der Waals surface area contributed by atoms with E-state index in [1.165, 1.54) is 11.3 Å². The maximum atomic E-state index is 12.8. The molecule has 0 unspecified atom stereocenters. The Morgan fingerprint density at radius 2 is 1.93 bits per heavy atom. The maximum Gasteiger partial charge on any atom is 0.325 e. The van der Waals surface area contributed by atoms with E-state index >= 15 is 0 Å². The monoisotopic (exact) mass is 444 g/mol. The average molecular weight is 445 g/mol. The Kier molecular flexibility index (Phi) is 6.62. The zero-order valence-corrected chi connectivity index (χ0v) is 19.2. The molecule has 2 aromatic heterocycles. The van der Waals surface area contributed by atoms with Gasteiger partial charge in [0.1, 0.15) is 4.83 Å². The van der Waals surface area contributed by atoms with Gasteiger partial charge in [0.15, 0.2) is 5.16 Å². The number of carbonyl (C=O) groups is 2. The van der Waals surface area contributed by atoms with Crippen LogP contribution >= 0.6 is 23.1 Å². The molecule has 0 aliphatic carbocycles. The van der Waals surface area contributed by atoms with Crippen molar-refractivity contribution in [1.82, 2.24) is 14.9 Å². The van der Waals surface area contributed by atoms with E-state index in [1.54, 1.807) is 10.6 Å². The molecule has 0 aliphatic rings. The Labute approximate surface area is 182 Å². The quantitative estimate of drug-likeness (QED) is 0.455. The number of hydrogen-bond acceptors (Lipinski definition) is 6. The Bertz CT molecular complexity index is 1200. The van der Waals surface area contributed by atoms with Gasteiger partial charge in [-0.2, -0.15) is 0 Å². The number of nitrogens with one attached hydrogen (secondary N) is 2. The van der Waals surface area contributed by atoms with Gasteiger partial charge in [-0.25, -0.2) is 9.78 Å². The van der Waals surface area contributed by atoms with Crippen molar-refractivity contribution >= 4 is 50.9 Å². The highest BCUT2D eigenvalue weighted by Gasteiger charge is 2.17. The van der Waals surface area contributed by atoms with Gasteiger partial charge in [-0.05, 0) is 51.8 Å². The van der Waals surface area contributed by atoms with Crippen LogP contribution in [0.5, 0.6) is 0 Å². The summed E-state index contributed by atoms with van der Waals surface area (Å²) in [6.45, 7) is 10.1. The molecule has 2 N–H and O–H groups in total. The fourth-order valence-electron chi connectivity index (χ4n) is 3.10. The third-order valence-corrected chi connectivity index (χ3v) is 6.86. The molecule has 158 valence electrons. The van der Waals surface area contributed by atoms with Gasteiger partial charge in [0, 0.05) is 17.1 Å². The molecular formula is C21H24N4O3S2. The van der Waals surface area contributed by atoms with Crippen molar-refractivity contribution < 1.29 is 9.59 Å². The van der Waals surface area contributed by atoms with E-state index in [2.05, 4.69) is 15.6 Å². The van der Waals surface area contributed by atoms with Crippen LogP contribution in [0.4, 0.5) is 10.5 Å². The van der Waals surface area contributed by atoms with Crippen molar-refractivity contribution in [3.05, 3.63) is 50.1 Å². The summed E-state index contributed by atoms with van der Waals surface area (Å²) in [5, 5.41) is 6.12. The van der Waals surface area contributed by atoms with Crippen molar-refractivity contribution in [1.29, 1.82) is 0 Å². The second-order valence-electron chi connectivity index (χ2n) is 7.02. The summed E-state index contributed by atoms with van der Waals surface area (Å²) in [5.41, 5.74) is 3.51. The van der Waals surface area contributed by atoms with Gasteiger partial charge >= 0.3 is 6.03 Å². The number of carbonyl (C=O) groups excluding carboxylic acids is 2. The average Bonchev–Trinajstić information content (AvgIpc) is 2.96. The molecular weight excluding hydrogens is 420 g/mol. The second-order valence-corrected chi connectivity index (χ2v) is 9.16. The summed E-state index contributed by atoms with van der Waals surface area (Å²) < 4.78 is 1.56. The normalized spacial score (nSPS) is 11.0. The number of benzene rings is 1. The molecule has 3 rings (SSSR count). The molecule has 2 heterocycles. The third-order valence-electron chi connectivity index (χ3n) is 4.79. The van der Waals surface area contributed by atoms with Crippen molar-refractivity contribution in [2.24, 2.45) is 0 Å². The highest BCUT2D eigenvalue weighted by Crippen LogP contribution is 2.28. The van der Waals surface area contributed by atoms with Gasteiger partial charge in [0.05, 0.1) is 11.1 Å². The van der Waals surface area contributed by atoms with Crippen molar-refractivity contribution in [3.63, 3.8) is 0 Å². The minimum Gasteiger partial charge on any atom is -0.307 e. The lowest BCUT2D eigenvalue weighted by atomic mass is 10.1. The summed E-state index contributed by atoms with van der Waals surface area (Å²) >= 11 is 2.62. The molecule has 0 saturated carbocycles. The van der Waals surface area contributed by atoms with E-state index in [4.69, 9.17) is 0 Å². The van der Waals surface area contributed by atoms with E-state index in [1.807, 2.05) is 46.8 Å². The van der Waals surface area contributed by atoms with Crippen LogP contribution in [0.3, 0.4) is 0 Å². The van der Waals surface area contributed by atoms with E-state index in [9.17, 15) is 14.4 Å². The zero-order chi connectivity index (χ0) is 22.0. The van der Waals surface area contributed by atoms with Crippen LogP contribution < -0.4 is 16.2 Å². The summed E-state index contributed by atoms with van der Waals surface area (Å²) in [6.07, 6.45) is 0. The highest BCUT2D eigenvalue weighted by atomic mass is 32.2. The predicted octanol–water partition coefficient (Wildman–Crippen LogP) is 4.15. The fourth-order valence-corrected chi connectivity index (χ4v) is 5.03. The van der Waals surface area contributed by atoms with Crippen LogP contribution in [-0.2, 0) is 11.3 Å². The molecule has 3 amide bonds. The van der Waals surface area contributed by atoms with Crippen LogP contribution in [0.2, 0.25) is 0 Å². The number of rotatable bonds is 5. The second kappa shape index (κ2) is 9.01. The number of fused-ring (bicyclic) bond motifs is 1. The summed E-state index contributed by atoms with van der Waals surface area (Å²) in [5.74, 6) is -0.487. The Balaban J connectivity index is 1.69. The summed E-state index contributed by atoms with van der Waals surface area (Å²) in [7, 11) is 0. The van der Waals surface area contributed by atoms with Gasteiger partial charge in [-0.3, -0.25) is 19.5 Å². The number of thioether (sulfide) groups is 1. The minimum atomic E-state index is -0.589. The van der Waals surface area contributed by atoms with Crippen molar-refractivity contribution in [2.45, 2.75) is 46.3 Å². The Hall–Kier alpha value is -2.65. The van der Waals surface area contributed by atoms with Gasteiger partial charge in [0.25, 0.3) is 5.56 Å². The van der Waals surface area contributed by atoms with Crippen LogP contribution in [0.25, 0.3) is 10.2 Å². The lowest BCUT2D eigenvalue weighted by molar-refractivity contribution is -0.117. The molecule has 7 nitrogen and oxygen atoms in total. The van der Waals surface area contributed by atoms with Gasteiger partial charge in [-0.15, -0.1) is 11.3 Å². The molecule has 0 atom stereocenters. The van der Waals surface area contributed by atoms with Crippen molar-refractivity contribution in [2.75, 3.05) is 11.1 Å². The standard InChI is InChI=1S/C21H24N4O3S2/c1-6-25-19(27)17-13(4)14(5)30-18(17)24-21(25)29-10-16(26)23-20(28)22-15-8-7-11(2)9-12(15)3/h7-9H,6,10H2,1-5H3,(H2,22,23,26,28). The van der Waals surface area contributed by atoms with Crippen LogP contribution in [0.15, 0.2) is 28.2 Å². The minimum absolute atomic E-state index is 0.0262.